The Labute approximate surface area is 109 Å². The normalized spacial score (nSPS) is 16.8. The summed E-state index contributed by atoms with van der Waals surface area (Å²) in [7, 11) is 0. The molecule has 7 heteroatoms. The van der Waals surface area contributed by atoms with Crippen LogP contribution in [0.15, 0.2) is 18.3 Å². The molecule has 0 saturated carbocycles. The van der Waals surface area contributed by atoms with Crippen LogP contribution in [-0.4, -0.2) is 56.8 Å². The number of rotatable bonds is 3. The minimum Gasteiger partial charge on any atom is -0.478 e. The number of nitrogens with zero attached hydrogens (tertiary/aromatic N) is 4. The smallest absolute Gasteiger partial charge is 0.337 e. The summed E-state index contributed by atoms with van der Waals surface area (Å²) in [6.07, 6.45) is 1.49. The molecule has 0 radical (unpaired) electrons. The Kier molecular flexibility index (Phi) is 3.14. The Hall–Kier alpha value is -1.99. The van der Waals surface area contributed by atoms with E-state index in [0.29, 0.717) is 12.2 Å². The monoisotopic (exact) mass is 261 g/mol. The van der Waals surface area contributed by atoms with Crippen molar-refractivity contribution in [3.63, 3.8) is 0 Å². The van der Waals surface area contributed by atoms with Gasteiger partial charge in [0, 0.05) is 32.4 Å². The fourth-order valence-corrected chi connectivity index (χ4v) is 2.19. The zero-order valence-electron chi connectivity index (χ0n) is 10.4. The zero-order valence-corrected chi connectivity index (χ0v) is 10.4. The number of nitrogens with one attached hydrogen (secondary N) is 1. The summed E-state index contributed by atoms with van der Waals surface area (Å²) in [5.74, 6) is -0.231. The van der Waals surface area contributed by atoms with Crippen molar-refractivity contribution in [2.24, 2.45) is 0 Å². The molecule has 0 bridgehead atoms. The summed E-state index contributed by atoms with van der Waals surface area (Å²) >= 11 is 0. The van der Waals surface area contributed by atoms with Crippen LogP contribution in [0.25, 0.3) is 5.65 Å². The molecule has 19 heavy (non-hydrogen) atoms. The van der Waals surface area contributed by atoms with Crippen molar-refractivity contribution in [2.75, 3.05) is 26.2 Å². The van der Waals surface area contributed by atoms with E-state index in [2.05, 4.69) is 20.3 Å². The molecule has 2 aromatic heterocycles. The van der Waals surface area contributed by atoms with Gasteiger partial charge in [0.05, 0.1) is 12.1 Å². The van der Waals surface area contributed by atoms with Crippen molar-refractivity contribution >= 4 is 11.6 Å². The van der Waals surface area contributed by atoms with E-state index in [4.69, 9.17) is 5.11 Å². The maximum absolute atomic E-state index is 10.9. The van der Waals surface area contributed by atoms with E-state index < -0.39 is 5.97 Å². The fraction of sp³-hybridized carbons (Fsp3) is 0.417. The highest BCUT2D eigenvalue weighted by Crippen LogP contribution is 2.07. The molecule has 2 aromatic rings. The van der Waals surface area contributed by atoms with Gasteiger partial charge in [-0.2, -0.15) is 0 Å². The standard InChI is InChI=1S/C12H15N5O2/c18-12(19)9-1-2-11-14-10(15-17(11)7-9)8-16-5-3-13-4-6-16/h1-2,7,13H,3-6,8H2,(H,18,19). The fourth-order valence-electron chi connectivity index (χ4n) is 2.19. The maximum atomic E-state index is 10.9. The molecule has 0 amide bonds. The lowest BCUT2D eigenvalue weighted by molar-refractivity contribution is 0.0696. The molecule has 7 nitrogen and oxygen atoms in total. The lowest BCUT2D eigenvalue weighted by atomic mass is 10.3. The molecule has 0 aliphatic carbocycles. The minimum absolute atomic E-state index is 0.214. The predicted octanol–water partition coefficient (Wildman–Crippen LogP) is -0.167. The first-order valence-corrected chi connectivity index (χ1v) is 6.24. The molecular formula is C12H15N5O2. The highest BCUT2D eigenvalue weighted by molar-refractivity contribution is 5.87. The molecule has 0 atom stereocenters. The lowest BCUT2D eigenvalue weighted by Gasteiger charge is -2.25. The van der Waals surface area contributed by atoms with Gasteiger partial charge in [0.15, 0.2) is 11.5 Å². The van der Waals surface area contributed by atoms with Crippen molar-refractivity contribution in [2.45, 2.75) is 6.54 Å². The third kappa shape index (κ3) is 2.56. The summed E-state index contributed by atoms with van der Waals surface area (Å²) in [5, 5.41) is 16.6. The SMILES string of the molecule is O=C(O)c1ccc2nc(CN3CCNCC3)nn2c1. The molecule has 2 N–H and O–H groups in total. The van der Waals surface area contributed by atoms with Gasteiger partial charge in [0.25, 0.3) is 0 Å². The highest BCUT2D eigenvalue weighted by Gasteiger charge is 2.13. The second-order valence-electron chi connectivity index (χ2n) is 4.58. The third-order valence-corrected chi connectivity index (χ3v) is 3.20. The Bertz CT molecular complexity index is 603. The van der Waals surface area contributed by atoms with Crippen LogP contribution in [0, 0.1) is 0 Å². The second kappa shape index (κ2) is 4.94. The van der Waals surface area contributed by atoms with Gasteiger partial charge < -0.3 is 10.4 Å². The number of piperazine rings is 1. The molecular weight excluding hydrogens is 246 g/mol. The van der Waals surface area contributed by atoms with E-state index in [1.54, 1.807) is 12.1 Å². The Balaban J connectivity index is 1.82. The number of aromatic nitrogens is 3. The Morgan fingerprint density at radius 3 is 2.89 bits per heavy atom. The predicted molar refractivity (Wildman–Crippen MR) is 68.1 cm³/mol. The van der Waals surface area contributed by atoms with Crippen LogP contribution in [0.2, 0.25) is 0 Å². The zero-order chi connectivity index (χ0) is 13.2. The van der Waals surface area contributed by atoms with Gasteiger partial charge in [0.2, 0.25) is 0 Å². The largest absolute Gasteiger partial charge is 0.478 e. The van der Waals surface area contributed by atoms with Gasteiger partial charge in [-0.05, 0) is 12.1 Å². The number of fused-ring (bicyclic) bond motifs is 1. The number of carbonyl (C=O) groups is 1. The number of pyridine rings is 1. The van der Waals surface area contributed by atoms with Crippen molar-refractivity contribution < 1.29 is 9.90 Å². The topological polar surface area (TPSA) is 82.8 Å². The Morgan fingerprint density at radius 1 is 1.37 bits per heavy atom. The van der Waals surface area contributed by atoms with Crippen molar-refractivity contribution in [3.8, 4) is 0 Å². The van der Waals surface area contributed by atoms with Gasteiger partial charge >= 0.3 is 5.97 Å². The molecule has 0 spiro atoms. The van der Waals surface area contributed by atoms with Crippen LogP contribution in [0.4, 0.5) is 0 Å². The number of carboxylic acids is 1. The average molecular weight is 261 g/mol. The minimum atomic E-state index is -0.957. The molecule has 1 saturated heterocycles. The highest BCUT2D eigenvalue weighted by atomic mass is 16.4. The lowest BCUT2D eigenvalue weighted by Crippen LogP contribution is -2.43. The summed E-state index contributed by atoms with van der Waals surface area (Å²) in [5.41, 5.74) is 0.890. The number of hydrogen-bond acceptors (Lipinski definition) is 5. The molecule has 0 aromatic carbocycles. The van der Waals surface area contributed by atoms with Crippen molar-refractivity contribution in [1.29, 1.82) is 0 Å². The number of aromatic carboxylic acids is 1. The Morgan fingerprint density at radius 2 is 2.16 bits per heavy atom. The third-order valence-electron chi connectivity index (χ3n) is 3.20. The van der Waals surface area contributed by atoms with Gasteiger partial charge in [-0.3, -0.25) is 4.90 Å². The van der Waals surface area contributed by atoms with E-state index >= 15 is 0 Å². The first-order valence-electron chi connectivity index (χ1n) is 6.24. The quantitative estimate of drug-likeness (QED) is 0.798. The first kappa shape index (κ1) is 12.1. The van der Waals surface area contributed by atoms with Crippen LogP contribution >= 0.6 is 0 Å². The van der Waals surface area contributed by atoms with Crippen LogP contribution in [0.3, 0.4) is 0 Å². The van der Waals surface area contributed by atoms with Crippen LogP contribution in [-0.2, 0) is 6.54 Å². The van der Waals surface area contributed by atoms with E-state index in [0.717, 1.165) is 32.0 Å². The van der Waals surface area contributed by atoms with Crippen molar-refractivity contribution in [1.82, 2.24) is 24.8 Å². The first-order chi connectivity index (χ1) is 9.22. The van der Waals surface area contributed by atoms with Crippen LogP contribution in [0.5, 0.6) is 0 Å². The summed E-state index contributed by atoms with van der Waals surface area (Å²) in [4.78, 5) is 17.6. The molecule has 1 aliphatic rings. The second-order valence-corrected chi connectivity index (χ2v) is 4.58. The van der Waals surface area contributed by atoms with E-state index in [1.165, 1.54) is 10.7 Å². The van der Waals surface area contributed by atoms with Crippen molar-refractivity contribution in [3.05, 3.63) is 29.7 Å². The van der Waals surface area contributed by atoms with Gasteiger partial charge in [-0.15, -0.1) is 5.10 Å². The molecule has 1 aliphatic heterocycles. The summed E-state index contributed by atoms with van der Waals surface area (Å²) in [6, 6.07) is 3.22. The maximum Gasteiger partial charge on any atom is 0.337 e. The van der Waals surface area contributed by atoms with Gasteiger partial charge in [-0.25, -0.2) is 14.3 Å². The molecule has 3 rings (SSSR count). The van der Waals surface area contributed by atoms with E-state index in [9.17, 15) is 4.79 Å². The molecule has 3 heterocycles. The number of hydrogen-bond donors (Lipinski definition) is 2. The molecule has 1 fully saturated rings. The van der Waals surface area contributed by atoms with E-state index in [-0.39, 0.29) is 5.56 Å². The summed E-state index contributed by atoms with van der Waals surface area (Å²) < 4.78 is 1.53. The summed E-state index contributed by atoms with van der Waals surface area (Å²) in [6.45, 7) is 4.63. The molecule has 100 valence electrons. The van der Waals surface area contributed by atoms with Gasteiger partial charge in [0.1, 0.15) is 0 Å². The van der Waals surface area contributed by atoms with E-state index in [1.807, 2.05) is 0 Å². The van der Waals surface area contributed by atoms with Crippen LogP contribution < -0.4 is 5.32 Å². The van der Waals surface area contributed by atoms with Gasteiger partial charge in [-0.1, -0.05) is 0 Å². The number of carboxylic acid groups (broad SMARTS) is 1. The molecule has 0 unspecified atom stereocenters. The van der Waals surface area contributed by atoms with Crippen LogP contribution in [0.1, 0.15) is 16.2 Å². The average Bonchev–Trinajstić information content (AvgIpc) is 2.80.